The van der Waals surface area contributed by atoms with E-state index in [4.69, 9.17) is 0 Å². The number of nitrogens with one attached hydrogen (secondary N) is 1. The van der Waals surface area contributed by atoms with Crippen molar-refractivity contribution in [2.75, 3.05) is 18.1 Å². The van der Waals surface area contributed by atoms with Crippen molar-refractivity contribution in [2.45, 2.75) is 12.5 Å². The summed E-state index contributed by atoms with van der Waals surface area (Å²) in [5.41, 5.74) is 0. The summed E-state index contributed by atoms with van der Waals surface area (Å²) in [5, 5.41) is 3.19. The Hall–Kier alpha value is -0.0900. The van der Waals surface area contributed by atoms with Crippen LogP contribution in [0.4, 0.5) is 0 Å². The summed E-state index contributed by atoms with van der Waals surface area (Å²) >= 11 is 0. The summed E-state index contributed by atoms with van der Waals surface area (Å²) in [6.45, 7) is 1.00. The summed E-state index contributed by atoms with van der Waals surface area (Å²) in [4.78, 5) is 0. The number of sulfone groups is 1. The minimum atomic E-state index is -2.67. The fraction of sp³-hybridized carbons (Fsp3) is 1.00. The minimum absolute atomic E-state index is 0.282. The Morgan fingerprint density at radius 3 is 2.80 bits per heavy atom. The lowest BCUT2D eigenvalue weighted by Crippen LogP contribution is -2.26. The van der Waals surface area contributed by atoms with Crippen LogP contribution in [0.25, 0.3) is 0 Å². The monoisotopic (exact) mass is 161 g/mol. The summed E-state index contributed by atoms with van der Waals surface area (Å²) in [6, 6.07) is 0.282. The molecule has 0 aromatic heterocycles. The van der Waals surface area contributed by atoms with Gasteiger partial charge in [-0.1, -0.05) is 0 Å². The summed E-state index contributed by atoms with van der Waals surface area (Å²) in [6.07, 6.45) is 1.05. The fourth-order valence-corrected chi connectivity index (χ4v) is 4.01. The third kappa shape index (κ3) is 0.953. The first-order valence-electron chi connectivity index (χ1n) is 3.61. The Morgan fingerprint density at radius 2 is 2.10 bits per heavy atom. The largest absolute Gasteiger partial charge is 0.313 e. The van der Waals surface area contributed by atoms with E-state index >= 15 is 0 Å². The van der Waals surface area contributed by atoms with E-state index in [1.807, 2.05) is 0 Å². The van der Waals surface area contributed by atoms with Crippen molar-refractivity contribution in [1.82, 2.24) is 5.32 Å². The van der Waals surface area contributed by atoms with Gasteiger partial charge in [-0.25, -0.2) is 8.42 Å². The van der Waals surface area contributed by atoms with Gasteiger partial charge in [-0.15, -0.1) is 0 Å². The zero-order chi connectivity index (χ0) is 7.19. The molecule has 0 aromatic carbocycles. The van der Waals surface area contributed by atoms with Crippen molar-refractivity contribution in [3.05, 3.63) is 0 Å². The van der Waals surface area contributed by atoms with E-state index in [1.54, 1.807) is 0 Å². The fourth-order valence-electron chi connectivity index (χ4n) is 1.88. The summed E-state index contributed by atoms with van der Waals surface area (Å²) in [5.74, 6) is 1.22. The van der Waals surface area contributed by atoms with E-state index in [9.17, 15) is 8.42 Å². The quantitative estimate of drug-likeness (QED) is 0.515. The Morgan fingerprint density at radius 1 is 1.30 bits per heavy atom. The van der Waals surface area contributed by atoms with Crippen molar-refractivity contribution >= 4 is 9.84 Å². The molecule has 0 radical (unpaired) electrons. The van der Waals surface area contributed by atoms with Gasteiger partial charge >= 0.3 is 0 Å². The first-order valence-corrected chi connectivity index (χ1v) is 5.43. The first-order chi connectivity index (χ1) is 4.67. The lowest BCUT2D eigenvalue weighted by atomic mass is 10.1. The maximum absolute atomic E-state index is 11.0. The van der Waals surface area contributed by atoms with Crippen LogP contribution >= 0.6 is 0 Å². The molecule has 2 saturated heterocycles. The van der Waals surface area contributed by atoms with Crippen LogP contribution in [0.1, 0.15) is 6.42 Å². The average molecular weight is 161 g/mol. The Labute approximate surface area is 60.7 Å². The second kappa shape index (κ2) is 1.95. The number of rotatable bonds is 0. The zero-order valence-corrected chi connectivity index (χ0v) is 6.52. The van der Waals surface area contributed by atoms with Crippen LogP contribution in [0.5, 0.6) is 0 Å². The van der Waals surface area contributed by atoms with Crippen LogP contribution in [0.3, 0.4) is 0 Å². The molecule has 0 bridgehead atoms. The van der Waals surface area contributed by atoms with Crippen molar-refractivity contribution < 1.29 is 8.42 Å². The molecular weight excluding hydrogens is 150 g/mol. The smallest absolute Gasteiger partial charge is 0.152 e. The molecule has 0 aliphatic carbocycles. The molecule has 58 valence electrons. The topological polar surface area (TPSA) is 46.2 Å². The van der Waals surface area contributed by atoms with Crippen molar-refractivity contribution in [1.29, 1.82) is 0 Å². The number of hydrogen-bond acceptors (Lipinski definition) is 3. The maximum atomic E-state index is 11.0. The van der Waals surface area contributed by atoms with Gasteiger partial charge in [-0.3, -0.25) is 0 Å². The third-order valence-corrected chi connectivity index (χ3v) is 4.20. The van der Waals surface area contributed by atoms with Crippen LogP contribution < -0.4 is 5.32 Å². The second-order valence-electron chi connectivity index (χ2n) is 3.19. The van der Waals surface area contributed by atoms with Gasteiger partial charge in [-0.2, -0.15) is 0 Å². The van der Waals surface area contributed by atoms with Crippen LogP contribution in [0.15, 0.2) is 0 Å². The van der Waals surface area contributed by atoms with Crippen LogP contribution in [0, 0.1) is 5.92 Å². The van der Waals surface area contributed by atoms with Crippen molar-refractivity contribution in [3.8, 4) is 0 Å². The lowest BCUT2D eigenvalue weighted by Gasteiger charge is -2.02. The highest BCUT2D eigenvalue weighted by molar-refractivity contribution is 7.91. The molecule has 2 aliphatic heterocycles. The first kappa shape index (κ1) is 6.61. The Bertz CT molecular complexity index is 216. The molecule has 0 aromatic rings. The van der Waals surface area contributed by atoms with Gasteiger partial charge in [0.15, 0.2) is 9.84 Å². The highest BCUT2D eigenvalue weighted by Gasteiger charge is 2.39. The Kier molecular flexibility index (Phi) is 1.29. The van der Waals surface area contributed by atoms with E-state index in [-0.39, 0.29) is 6.04 Å². The molecule has 1 N–H and O–H groups in total. The maximum Gasteiger partial charge on any atom is 0.152 e. The molecular formula is C6H11NO2S. The highest BCUT2D eigenvalue weighted by Crippen LogP contribution is 2.25. The van der Waals surface area contributed by atoms with Gasteiger partial charge in [0.05, 0.1) is 11.5 Å². The van der Waals surface area contributed by atoms with E-state index in [0.717, 1.165) is 13.0 Å². The van der Waals surface area contributed by atoms with E-state index in [1.165, 1.54) is 0 Å². The van der Waals surface area contributed by atoms with Gasteiger partial charge in [-0.05, 0) is 18.9 Å². The molecule has 2 rings (SSSR count). The lowest BCUT2D eigenvalue weighted by molar-refractivity contribution is 0.556. The molecule has 10 heavy (non-hydrogen) atoms. The van der Waals surface area contributed by atoms with Crippen LogP contribution in [-0.4, -0.2) is 32.5 Å². The molecule has 2 atom stereocenters. The standard InChI is InChI=1S/C6H11NO2S/c8-10(9)3-5-1-2-7-6(5)4-10/h5-7H,1-4H2/t5-,6-/m1/s1. The predicted molar refractivity (Wildman–Crippen MR) is 38.6 cm³/mol. The van der Waals surface area contributed by atoms with E-state index in [2.05, 4.69) is 5.32 Å². The molecule has 2 aliphatic rings. The molecule has 3 nitrogen and oxygen atoms in total. The van der Waals surface area contributed by atoms with Crippen LogP contribution in [-0.2, 0) is 9.84 Å². The summed E-state index contributed by atoms with van der Waals surface area (Å²) < 4.78 is 22.0. The molecule has 0 unspecified atom stereocenters. The van der Waals surface area contributed by atoms with Gasteiger partial charge < -0.3 is 5.32 Å². The van der Waals surface area contributed by atoms with Gasteiger partial charge in [0.1, 0.15) is 0 Å². The molecule has 2 heterocycles. The third-order valence-electron chi connectivity index (χ3n) is 2.39. The number of fused-ring (bicyclic) bond motifs is 1. The van der Waals surface area contributed by atoms with Gasteiger partial charge in [0.2, 0.25) is 0 Å². The molecule has 2 fully saturated rings. The molecule has 0 amide bonds. The molecule has 0 saturated carbocycles. The zero-order valence-electron chi connectivity index (χ0n) is 5.71. The molecule has 4 heteroatoms. The van der Waals surface area contributed by atoms with Crippen molar-refractivity contribution in [2.24, 2.45) is 5.92 Å². The highest BCUT2D eigenvalue weighted by atomic mass is 32.2. The van der Waals surface area contributed by atoms with Gasteiger partial charge in [0, 0.05) is 6.04 Å². The minimum Gasteiger partial charge on any atom is -0.313 e. The number of hydrogen-bond donors (Lipinski definition) is 1. The van der Waals surface area contributed by atoms with Crippen molar-refractivity contribution in [3.63, 3.8) is 0 Å². The Balaban J connectivity index is 2.21. The van der Waals surface area contributed by atoms with E-state index < -0.39 is 9.84 Å². The average Bonchev–Trinajstić information content (AvgIpc) is 2.20. The molecule has 0 spiro atoms. The van der Waals surface area contributed by atoms with Gasteiger partial charge in [0.25, 0.3) is 0 Å². The van der Waals surface area contributed by atoms with E-state index in [0.29, 0.717) is 17.4 Å². The second-order valence-corrected chi connectivity index (χ2v) is 5.34. The SMILES string of the molecule is O=S1(=O)C[C@H]2CCN[C@@H]2C1. The normalized spacial score (nSPS) is 43.6. The summed E-state index contributed by atoms with van der Waals surface area (Å²) in [7, 11) is -2.67. The predicted octanol–water partition coefficient (Wildman–Crippen LogP) is -0.607. The van der Waals surface area contributed by atoms with Crippen LogP contribution in [0.2, 0.25) is 0 Å².